The lowest BCUT2D eigenvalue weighted by Gasteiger charge is -2.05. The van der Waals surface area contributed by atoms with E-state index in [1.54, 1.807) is 0 Å². The van der Waals surface area contributed by atoms with Crippen molar-refractivity contribution in [2.24, 2.45) is 11.7 Å². The van der Waals surface area contributed by atoms with Gasteiger partial charge in [-0.3, -0.25) is 4.79 Å². The van der Waals surface area contributed by atoms with E-state index in [1.165, 1.54) is 6.42 Å². The average Bonchev–Trinajstić information content (AvgIpc) is 2.01. The van der Waals surface area contributed by atoms with Crippen LogP contribution in [-0.2, 0) is 4.79 Å². The highest BCUT2D eigenvalue weighted by atomic mass is 32.1. The monoisotopic (exact) mass is 216 g/mol. The summed E-state index contributed by atoms with van der Waals surface area (Å²) in [5.41, 5.74) is 5.23. The molecule has 0 spiro atoms. The predicted octanol–water partition coefficient (Wildman–Crippen LogP) is 1.61. The fraction of sp³-hybridized carbons (Fsp3) is 0.800. The van der Waals surface area contributed by atoms with Crippen molar-refractivity contribution in [3.8, 4) is 0 Å². The molecule has 0 aromatic rings. The Morgan fingerprint density at radius 2 is 2.07 bits per heavy atom. The number of carbonyl (C=O) groups excluding carboxylic acids is 1. The molecule has 0 atom stereocenters. The van der Waals surface area contributed by atoms with Crippen molar-refractivity contribution in [2.75, 3.05) is 6.54 Å². The Hall–Kier alpha value is -0.640. The number of amides is 1. The normalized spacial score (nSPS) is 10.2. The summed E-state index contributed by atoms with van der Waals surface area (Å²) in [5, 5.41) is 2.78. The average molecular weight is 216 g/mol. The van der Waals surface area contributed by atoms with E-state index in [4.69, 9.17) is 5.73 Å². The van der Waals surface area contributed by atoms with Gasteiger partial charge in [-0.25, -0.2) is 0 Å². The van der Waals surface area contributed by atoms with Gasteiger partial charge in [-0.15, -0.1) is 0 Å². The fourth-order valence-corrected chi connectivity index (χ4v) is 1.26. The first-order valence-corrected chi connectivity index (χ1v) is 5.48. The van der Waals surface area contributed by atoms with Crippen molar-refractivity contribution >= 4 is 23.1 Å². The maximum Gasteiger partial charge on any atom is 0.226 e. The molecule has 0 aliphatic carbocycles. The zero-order valence-electron chi connectivity index (χ0n) is 9.01. The van der Waals surface area contributed by atoms with Gasteiger partial charge in [0.25, 0.3) is 0 Å². The van der Waals surface area contributed by atoms with Crippen LogP contribution < -0.4 is 11.1 Å². The molecule has 0 rings (SSSR count). The van der Waals surface area contributed by atoms with Gasteiger partial charge in [-0.1, -0.05) is 38.9 Å². The predicted molar refractivity (Wildman–Crippen MR) is 63.1 cm³/mol. The molecule has 0 unspecified atom stereocenters. The van der Waals surface area contributed by atoms with Crippen LogP contribution in [0.1, 0.15) is 39.5 Å². The van der Waals surface area contributed by atoms with Gasteiger partial charge in [0.15, 0.2) is 0 Å². The van der Waals surface area contributed by atoms with Crippen LogP contribution in [0.2, 0.25) is 0 Å². The number of unbranched alkanes of at least 4 members (excludes halogenated alkanes) is 1. The van der Waals surface area contributed by atoms with Crippen molar-refractivity contribution in [3.05, 3.63) is 0 Å². The number of carbonyl (C=O) groups is 1. The molecule has 0 bridgehead atoms. The third-order valence-corrected chi connectivity index (χ3v) is 2.01. The van der Waals surface area contributed by atoms with Gasteiger partial charge < -0.3 is 11.1 Å². The van der Waals surface area contributed by atoms with Crippen LogP contribution in [0.5, 0.6) is 0 Å². The lowest BCUT2D eigenvalue weighted by atomic mass is 10.1. The summed E-state index contributed by atoms with van der Waals surface area (Å²) in [4.78, 5) is 11.3. The lowest BCUT2D eigenvalue weighted by molar-refractivity contribution is -0.119. The summed E-state index contributed by atoms with van der Waals surface area (Å²) in [6.45, 7) is 5.13. The minimum absolute atomic E-state index is 0.0675. The third-order valence-electron chi connectivity index (χ3n) is 1.87. The highest BCUT2D eigenvalue weighted by Crippen LogP contribution is 2.04. The molecule has 0 fully saturated rings. The van der Waals surface area contributed by atoms with Gasteiger partial charge >= 0.3 is 0 Å². The van der Waals surface area contributed by atoms with Gasteiger partial charge in [-0.05, 0) is 12.3 Å². The van der Waals surface area contributed by atoms with E-state index in [0.29, 0.717) is 0 Å². The molecule has 0 radical (unpaired) electrons. The molecule has 0 heterocycles. The zero-order valence-corrected chi connectivity index (χ0v) is 9.82. The molecule has 0 aromatic heterocycles. The zero-order chi connectivity index (χ0) is 11.0. The number of rotatable bonds is 7. The van der Waals surface area contributed by atoms with Crippen LogP contribution in [0.25, 0.3) is 0 Å². The smallest absolute Gasteiger partial charge is 0.226 e. The van der Waals surface area contributed by atoms with Crippen molar-refractivity contribution in [2.45, 2.75) is 39.5 Å². The highest BCUT2D eigenvalue weighted by molar-refractivity contribution is 7.80. The molecule has 0 aliphatic rings. The van der Waals surface area contributed by atoms with Gasteiger partial charge in [0.05, 0.1) is 11.4 Å². The van der Waals surface area contributed by atoms with E-state index < -0.39 is 0 Å². The summed E-state index contributed by atoms with van der Waals surface area (Å²) in [6.07, 6.45) is 3.57. The second-order valence-electron chi connectivity index (χ2n) is 3.88. The lowest BCUT2D eigenvalue weighted by Crippen LogP contribution is -2.28. The van der Waals surface area contributed by atoms with Crippen LogP contribution in [0.3, 0.4) is 0 Å². The molecule has 3 N–H and O–H groups in total. The topological polar surface area (TPSA) is 55.1 Å². The van der Waals surface area contributed by atoms with Gasteiger partial charge in [-0.2, -0.15) is 0 Å². The van der Waals surface area contributed by atoms with Gasteiger partial charge in [0.1, 0.15) is 0 Å². The maximum absolute atomic E-state index is 11.1. The van der Waals surface area contributed by atoms with Crippen molar-refractivity contribution in [1.82, 2.24) is 5.32 Å². The van der Waals surface area contributed by atoms with E-state index in [2.05, 4.69) is 31.4 Å². The molecular weight excluding hydrogens is 196 g/mol. The van der Waals surface area contributed by atoms with Gasteiger partial charge in [0.2, 0.25) is 5.91 Å². The van der Waals surface area contributed by atoms with Crippen LogP contribution in [0.4, 0.5) is 0 Å². The molecule has 4 heteroatoms. The molecule has 0 saturated carbocycles. The molecule has 0 aromatic carbocycles. The second kappa shape index (κ2) is 7.74. The Labute approximate surface area is 91.4 Å². The summed E-state index contributed by atoms with van der Waals surface area (Å²) < 4.78 is 0. The molecule has 3 nitrogen and oxygen atoms in total. The van der Waals surface area contributed by atoms with E-state index in [9.17, 15) is 4.79 Å². The Morgan fingerprint density at radius 1 is 1.43 bits per heavy atom. The van der Waals surface area contributed by atoms with Gasteiger partial charge in [0, 0.05) is 6.54 Å². The quantitative estimate of drug-likeness (QED) is 0.502. The first-order chi connectivity index (χ1) is 6.52. The number of hydrogen-bond donors (Lipinski definition) is 2. The SMILES string of the molecule is CC(C)CCCCNC(=O)CC(N)=S. The fourth-order valence-electron chi connectivity index (χ4n) is 1.13. The largest absolute Gasteiger partial charge is 0.393 e. The summed E-state index contributed by atoms with van der Waals surface area (Å²) in [6, 6.07) is 0. The number of nitrogens with one attached hydrogen (secondary N) is 1. The summed E-state index contributed by atoms with van der Waals surface area (Å²) in [7, 11) is 0. The summed E-state index contributed by atoms with van der Waals surface area (Å²) in [5.74, 6) is 0.671. The molecular formula is C10H20N2OS. The van der Waals surface area contributed by atoms with E-state index >= 15 is 0 Å². The Morgan fingerprint density at radius 3 is 2.57 bits per heavy atom. The van der Waals surface area contributed by atoms with Crippen LogP contribution in [0.15, 0.2) is 0 Å². The standard InChI is InChI=1S/C10H20N2OS/c1-8(2)5-3-4-6-12-10(13)7-9(11)14/h8H,3-7H2,1-2H3,(H2,11,14)(H,12,13). The van der Waals surface area contributed by atoms with Crippen LogP contribution in [-0.4, -0.2) is 17.4 Å². The first kappa shape index (κ1) is 13.4. The minimum Gasteiger partial charge on any atom is -0.393 e. The second-order valence-corrected chi connectivity index (χ2v) is 4.41. The third kappa shape index (κ3) is 9.45. The van der Waals surface area contributed by atoms with Crippen LogP contribution >= 0.6 is 12.2 Å². The Kier molecular flexibility index (Phi) is 7.38. The highest BCUT2D eigenvalue weighted by Gasteiger charge is 2.01. The molecule has 1 amide bonds. The summed E-state index contributed by atoms with van der Waals surface area (Å²) >= 11 is 4.62. The number of hydrogen-bond acceptors (Lipinski definition) is 2. The minimum atomic E-state index is -0.0675. The molecule has 82 valence electrons. The molecule has 0 saturated heterocycles. The van der Waals surface area contributed by atoms with E-state index in [0.717, 1.165) is 25.3 Å². The Balaban J connectivity index is 3.27. The maximum atomic E-state index is 11.1. The van der Waals surface area contributed by atoms with Crippen molar-refractivity contribution < 1.29 is 4.79 Å². The first-order valence-electron chi connectivity index (χ1n) is 5.07. The Bertz CT molecular complexity index is 193. The number of thiocarbonyl (C=S) groups is 1. The molecule has 14 heavy (non-hydrogen) atoms. The van der Waals surface area contributed by atoms with Crippen LogP contribution in [0, 0.1) is 5.92 Å². The van der Waals surface area contributed by atoms with Crippen molar-refractivity contribution in [3.63, 3.8) is 0 Å². The van der Waals surface area contributed by atoms with E-state index in [1.807, 2.05) is 0 Å². The van der Waals surface area contributed by atoms with E-state index in [-0.39, 0.29) is 17.3 Å². The molecule has 0 aliphatic heterocycles. The van der Waals surface area contributed by atoms with Crippen molar-refractivity contribution in [1.29, 1.82) is 0 Å². The number of nitrogens with two attached hydrogens (primary N) is 1.